The number of hydrogen-bond acceptors (Lipinski definition) is 2. The summed E-state index contributed by atoms with van der Waals surface area (Å²) in [6.45, 7) is 5.80. The van der Waals surface area contributed by atoms with Crippen molar-refractivity contribution in [2.24, 2.45) is 17.3 Å². The Balaban J connectivity index is 2.36. The molecule has 1 fully saturated rings. The third-order valence-electron chi connectivity index (χ3n) is 4.49. The second-order valence-corrected chi connectivity index (χ2v) is 6.61. The number of urea groups is 2. The van der Waals surface area contributed by atoms with Crippen LogP contribution in [0.4, 0.5) is 9.59 Å². The van der Waals surface area contributed by atoms with Gasteiger partial charge in [-0.15, -0.1) is 0 Å². The molecule has 2 N–H and O–H groups in total. The van der Waals surface area contributed by atoms with E-state index in [1.54, 1.807) is 38.0 Å². The number of nitrogens with zero attached hydrogens (tertiary/aromatic N) is 2. The maximum atomic E-state index is 11.5. The molecular weight excluding hydrogens is 256 g/mol. The third kappa shape index (κ3) is 3.77. The lowest BCUT2D eigenvalue weighted by molar-refractivity contribution is -0.0154. The molecule has 4 amide bonds. The van der Waals surface area contributed by atoms with Crippen molar-refractivity contribution in [2.75, 3.05) is 41.3 Å². The molecule has 0 radical (unpaired) electrons. The van der Waals surface area contributed by atoms with E-state index >= 15 is 0 Å². The van der Waals surface area contributed by atoms with E-state index in [-0.39, 0.29) is 17.5 Å². The quantitative estimate of drug-likeness (QED) is 0.814. The maximum Gasteiger partial charge on any atom is 0.316 e. The number of carbonyl (C=O) groups is 2. The summed E-state index contributed by atoms with van der Waals surface area (Å²) in [6, 6.07) is -0.102. The molecule has 0 aromatic rings. The predicted octanol–water partition coefficient (Wildman–Crippen LogP) is 1.19. The van der Waals surface area contributed by atoms with E-state index in [0.29, 0.717) is 24.9 Å². The maximum absolute atomic E-state index is 11.5. The van der Waals surface area contributed by atoms with Gasteiger partial charge in [-0.3, -0.25) is 0 Å². The molecule has 1 aliphatic rings. The van der Waals surface area contributed by atoms with Crippen molar-refractivity contribution in [3.05, 3.63) is 0 Å². The summed E-state index contributed by atoms with van der Waals surface area (Å²) in [4.78, 5) is 26.1. The van der Waals surface area contributed by atoms with E-state index in [1.165, 1.54) is 0 Å². The van der Waals surface area contributed by atoms with Gasteiger partial charge in [0.05, 0.1) is 0 Å². The number of rotatable bonds is 4. The first kappa shape index (κ1) is 16.6. The van der Waals surface area contributed by atoms with Crippen LogP contribution in [0, 0.1) is 17.3 Å². The van der Waals surface area contributed by atoms with E-state index in [9.17, 15) is 9.59 Å². The first-order valence-corrected chi connectivity index (χ1v) is 7.06. The number of nitrogens with one attached hydrogen (secondary N) is 2. The monoisotopic (exact) mass is 284 g/mol. The van der Waals surface area contributed by atoms with Gasteiger partial charge in [0.2, 0.25) is 0 Å². The summed E-state index contributed by atoms with van der Waals surface area (Å²) in [5.74, 6) is 0.931. The standard InChI is InChI=1S/C14H28N4O2/c1-14(2)10(8-15-12(19)17(3)4)7-11(14)9-16-13(20)18(5)6/h10-11H,7-9H2,1-6H3,(H,15,19)(H,16,20). The summed E-state index contributed by atoms with van der Waals surface area (Å²) in [5.41, 5.74) is 0.138. The minimum atomic E-state index is -0.0508. The van der Waals surface area contributed by atoms with Gasteiger partial charge in [-0.1, -0.05) is 13.8 Å². The zero-order chi connectivity index (χ0) is 15.5. The molecule has 1 saturated carbocycles. The zero-order valence-electron chi connectivity index (χ0n) is 13.5. The molecule has 2 atom stereocenters. The molecule has 6 nitrogen and oxygen atoms in total. The molecule has 6 heteroatoms. The number of amides is 4. The van der Waals surface area contributed by atoms with Crippen LogP contribution in [-0.4, -0.2) is 63.1 Å². The lowest BCUT2D eigenvalue weighted by Crippen LogP contribution is -2.54. The van der Waals surface area contributed by atoms with Crippen molar-refractivity contribution in [3.63, 3.8) is 0 Å². The fourth-order valence-electron chi connectivity index (χ4n) is 2.55. The van der Waals surface area contributed by atoms with Gasteiger partial charge in [0.1, 0.15) is 0 Å². The minimum Gasteiger partial charge on any atom is -0.338 e. The highest BCUT2D eigenvalue weighted by molar-refractivity contribution is 5.73. The van der Waals surface area contributed by atoms with Crippen LogP contribution < -0.4 is 10.6 Å². The topological polar surface area (TPSA) is 64.7 Å². The average molecular weight is 284 g/mol. The van der Waals surface area contributed by atoms with Gasteiger partial charge in [-0.2, -0.15) is 0 Å². The van der Waals surface area contributed by atoms with Crippen LogP contribution in [0.5, 0.6) is 0 Å². The van der Waals surface area contributed by atoms with E-state index in [1.807, 2.05) is 0 Å². The molecular formula is C14H28N4O2. The fourth-order valence-corrected chi connectivity index (χ4v) is 2.55. The Morgan fingerprint density at radius 3 is 1.55 bits per heavy atom. The van der Waals surface area contributed by atoms with Crippen LogP contribution >= 0.6 is 0 Å². The Morgan fingerprint density at radius 1 is 0.950 bits per heavy atom. The highest BCUT2D eigenvalue weighted by Gasteiger charge is 2.47. The fraction of sp³-hybridized carbons (Fsp3) is 0.857. The molecule has 1 rings (SSSR count). The molecule has 0 heterocycles. The third-order valence-corrected chi connectivity index (χ3v) is 4.49. The summed E-state index contributed by atoms with van der Waals surface area (Å²) in [5, 5.41) is 5.87. The first-order chi connectivity index (χ1) is 9.16. The van der Waals surface area contributed by atoms with Crippen molar-refractivity contribution in [1.82, 2.24) is 20.4 Å². The molecule has 2 unspecified atom stereocenters. The molecule has 20 heavy (non-hydrogen) atoms. The normalized spacial score (nSPS) is 23.5. The SMILES string of the molecule is CN(C)C(=O)NCC1CC(CNC(=O)N(C)C)C1(C)C. The highest BCUT2D eigenvalue weighted by atomic mass is 16.2. The zero-order valence-corrected chi connectivity index (χ0v) is 13.5. The van der Waals surface area contributed by atoms with E-state index in [2.05, 4.69) is 24.5 Å². The predicted molar refractivity (Wildman–Crippen MR) is 79.5 cm³/mol. The Hall–Kier alpha value is -1.46. The van der Waals surface area contributed by atoms with Crippen LogP contribution in [0.25, 0.3) is 0 Å². The second kappa shape index (κ2) is 6.33. The molecule has 0 spiro atoms. The van der Waals surface area contributed by atoms with Crippen molar-refractivity contribution in [3.8, 4) is 0 Å². The van der Waals surface area contributed by atoms with Gasteiger partial charge >= 0.3 is 12.1 Å². The first-order valence-electron chi connectivity index (χ1n) is 7.06. The van der Waals surface area contributed by atoms with Gasteiger partial charge < -0.3 is 20.4 Å². The van der Waals surface area contributed by atoms with E-state index in [0.717, 1.165) is 6.42 Å². The lowest BCUT2D eigenvalue weighted by atomic mass is 9.54. The Bertz CT molecular complexity index is 334. The largest absolute Gasteiger partial charge is 0.338 e. The molecule has 0 bridgehead atoms. The van der Waals surface area contributed by atoms with Crippen LogP contribution in [-0.2, 0) is 0 Å². The summed E-state index contributed by atoms with van der Waals surface area (Å²) < 4.78 is 0. The summed E-state index contributed by atoms with van der Waals surface area (Å²) in [6.07, 6.45) is 1.04. The smallest absolute Gasteiger partial charge is 0.316 e. The van der Waals surface area contributed by atoms with Crippen molar-refractivity contribution in [1.29, 1.82) is 0 Å². The van der Waals surface area contributed by atoms with Gasteiger partial charge in [-0.05, 0) is 23.7 Å². The number of hydrogen-bond donors (Lipinski definition) is 2. The van der Waals surface area contributed by atoms with Gasteiger partial charge in [0.25, 0.3) is 0 Å². The molecule has 0 aliphatic heterocycles. The average Bonchev–Trinajstić information content (AvgIpc) is 2.35. The van der Waals surface area contributed by atoms with Crippen LogP contribution in [0.3, 0.4) is 0 Å². The van der Waals surface area contributed by atoms with Gasteiger partial charge in [-0.25, -0.2) is 9.59 Å². The van der Waals surface area contributed by atoms with E-state index < -0.39 is 0 Å². The lowest BCUT2D eigenvalue weighted by Gasteiger charge is -2.52. The summed E-state index contributed by atoms with van der Waals surface area (Å²) in [7, 11) is 6.95. The minimum absolute atomic E-state index is 0.0508. The molecule has 116 valence electrons. The van der Waals surface area contributed by atoms with Crippen molar-refractivity contribution in [2.45, 2.75) is 20.3 Å². The van der Waals surface area contributed by atoms with Crippen molar-refractivity contribution >= 4 is 12.1 Å². The Kier molecular flexibility index (Phi) is 5.25. The van der Waals surface area contributed by atoms with Crippen LogP contribution in [0.15, 0.2) is 0 Å². The molecule has 0 aromatic carbocycles. The Morgan fingerprint density at radius 2 is 1.30 bits per heavy atom. The van der Waals surface area contributed by atoms with Crippen LogP contribution in [0.1, 0.15) is 20.3 Å². The van der Waals surface area contributed by atoms with E-state index in [4.69, 9.17) is 0 Å². The van der Waals surface area contributed by atoms with Gasteiger partial charge in [0.15, 0.2) is 0 Å². The molecule has 0 saturated heterocycles. The molecule has 0 aromatic heterocycles. The highest BCUT2D eigenvalue weighted by Crippen LogP contribution is 2.50. The second-order valence-electron chi connectivity index (χ2n) is 6.61. The molecule has 1 aliphatic carbocycles. The Labute approximate surface area is 121 Å². The summed E-state index contributed by atoms with van der Waals surface area (Å²) >= 11 is 0. The van der Waals surface area contributed by atoms with Crippen molar-refractivity contribution < 1.29 is 9.59 Å². The number of carbonyl (C=O) groups excluding carboxylic acids is 2. The van der Waals surface area contributed by atoms with Crippen LogP contribution in [0.2, 0.25) is 0 Å². The van der Waals surface area contributed by atoms with Gasteiger partial charge in [0, 0.05) is 41.3 Å².